The van der Waals surface area contributed by atoms with Gasteiger partial charge < -0.3 is 9.84 Å². The van der Waals surface area contributed by atoms with Crippen LogP contribution in [0.15, 0.2) is 29.6 Å². The van der Waals surface area contributed by atoms with Crippen molar-refractivity contribution in [3.05, 3.63) is 45.9 Å². The molecule has 2 aromatic rings. The first-order valence-electron chi connectivity index (χ1n) is 7.27. The van der Waals surface area contributed by atoms with E-state index in [9.17, 15) is 4.79 Å². The van der Waals surface area contributed by atoms with Crippen LogP contribution in [0.25, 0.3) is 0 Å². The molecule has 1 aromatic carbocycles. The lowest BCUT2D eigenvalue weighted by Gasteiger charge is -2.21. The molecule has 0 aliphatic heterocycles. The van der Waals surface area contributed by atoms with Crippen LogP contribution < -0.4 is 4.74 Å². The standard InChI is InChI=1S/C17H21NO3S/c1-12-5-7-13(8-6-12)21-10-4-9-17(2,3)16-18-14(11-22-16)15(19)20/h5-8,11H,4,9-10H2,1-3H3,(H,19,20). The molecule has 0 aliphatic carbocycles. The van der Waals surface area contributed by atoms with Gasteiger partial charge in [0.15, 0.2) is 5.69 Å². The van der Waals surface area contributed by atoms with Crippen molar-refractivity contribution >= 4 is 17.3 Å². The van der Waals surface area contributed by atoms with Gasteiger partial charge in [0.2, 0.25) is 0 Å². The molecule has 1 aromatic heterocycles. The average Bonchev–Trinajstić information content (AvgIpc) is 2.96. The summed E-state index contributed by atoms with van der Waals surface area (Å²) in [5.74, 6) is -0.0909. The van der Waals surface area contributed by atoms with Crippen LogP contribution in [-0.2, 0) is 5.41 Å². The van der Waals surface area contributed by atoms with E-state index in [1.165, 1.54) is 16.9 Å². The number of rotatable bonds is 7. The van der Waals surface area contributed by atoms with Gasteiger partial charge in [-0.15, -0.1) is 11.3 Å². The summed E-state index contributed by atoms with van der Waals surface area (Å²) in [6, 6.07) is 8.01. The molecule has 0 saturated heterocycles. The van der Waals surface area contributed by atoms with E-state index in [2.05, 4.69) is 18.8 Å². The Bertz CT molecular complexity index is 632. The van der Waals surface area contributed by atoms with Crippen LogP contribution in [0.3, 0.4) is 0 Å². The molecular weight excluding hydrogens is 298 g/mol. The molecule has 0 radical (unpaired) electrons. The summed E-state index contributed by atoms with van der Waals surface area (Å²) >= 11 is 1.41. The second-order valence-electron chi connectivity index (χ2n) is 5.99. The Hall–Kier alpha value is -1.88. The van der Waals surface area contributed by atoms with Crippen LogP contribution in [-0.4, -0.2) is 22.7 Å². The number of aromatic carboxylic acids is 1. The van der Waals surface area contributed by atoms with Gasteiger partial charge in [-0.1, -0.05) is 31.5 Å². The number of ether oxygens (including phenoxy) is 1. The van der Waals surface area contributed by atoms with Crippen molar-refractivity contribution in [3.8, 4) is 5.75 Å². The van der Waals surface area contributed by atoms with Crippen molar-refractivity contribution in [2.24, 2.45) is 0 Å². The van der Waals surface area contributed by atoms with Crippen molar-refractivity contribution in [2.75, 3.05) is 6.61 Å². The first-order chi connectivity index (χ1) is 10.4. The van der Waals surface area contributed by atoms with Crippen molar-refractivity contribution in [1.29, 1.82) is 0 Å². The van der Waals surface area contributed by atoms with Crippen LogP contribution in [0, 0.1) is 6.92 Å². The van der Waals surface area contributed by atoms with Gasteiger partial charge in [-0.05, 0) is 31.9 Å². The summed E-state index contributed by atoms with van der Waals surface area (Å²) in [4.78, 5) is 15.1. The highest BCUT2D eigenvalue weighted by Gasteiger charge is 2.25. The summed E-state index contributed by atoms with van der Waals surface area (Å²) < 4.78 is 5.72. The molecular formula is C17H21NO3S. The second kappa shape index (κ2) is 6.92. The van der Waals surface area contributed by atoms with Crippen LogP contribution >= 0.6 is 11.3 Å². The lowest BCUT2D eigenvalue weighted by atomic mass is 9.89. The normalized spacial score (nSPS) is 11.4. The molecule has 1 heterocycles. The van der Waals surface area contributed by atoms with Crippen molar-refractivity contribution in [2.45, 2.75) is 39.0 Å². The van der Waals surface area contributed by atoms with Gasteiger partial charge in [0.05, 0.1) is 11.6 Å². The maximum Gasteiger partial charge on any atom is 0.355 e. The molecule has 0 atom stereocenters. The third kappa shape index (κ3) is 4.31. The molecule has 4 nitrogen and oxygen atoms in total. The van der Waals surface area contributed by atoms with E-state index < -0.39 is 5.97 Å². The van der Waals surface area contributed by atoms with Crippen LogP contribution in [0.1, 0.15) is 47.7 Å². The van der Waals surface area contributed by atoms with E-state index in [1.807, 2.05) is 31.2 Å². The Labute approximate surface area is 134 Å². The third-order valence-corrected chi connectivity index (χ3v) is 4.75. The number of aryl methyl sites for hydroxylation is 1. The zero-order valence-corrected chi connectivity index (χ0v) is 13.9. The molecule has 0 unspecified atom stereocenters. The number of aromatic nitrogens is 1. The lowest BCUT2D eigenvalue weighted by molar-refractivity contribution is 0.0691. The predicted octanol–water partition coefficient (Wildman–Crippen LogP) is 4.29. The minimum Gasteiger partial charge on any atom is -0.494 e. The molecule has 0 bridgehead atoms. The summed E-state index contributed by atoms with van der Waals surface area (Å²) in [5.41, 5.74) is 1.20. The van der Waals surface area contributed by atoms with E-state index in [-0.39, 0.29) is 11.1 Å². The van der Waals surface area contributed by atoms with Gasteiger partial charge in [0, 0.05) is 10.8 Å². The van der Waals surface area contributed by atoms with Gasteiger partial charge in [0.25, 0.3) is 0 Å². The molecule has 22 heavy (non-hydrogen) atoms. The maximum atomic E-state index is 10.9. The van der Waals surface area contributed by atoms with Gasteiger partial charge >= 0.3 is 5.97 Å². The molecule has 5 heteroatoms. The monoisotopic (exact) mass is 319 g/mol. The topological polar surface area (TPSA) is 59.4 Å². The molecule has 0 saturated carbocycles. The molecule has 2 rings (SSSR count). The largest absolute Gasteiger partial charge is 0.494 e. The highest BCUT2D eigenvalue weighted by molar-refractivity contribution is 7.10. The second-order valence-corrected chi connectivity index (χ2v) is 6.85. The quantitative estimate of drug-likeness (QED) is 0.774. The van der Waals surface area contributed by atoms with E-state index >= 15 is 0 Å². The Morgan fingerprint density at radius 3 is 2.59 bits per heavy atom. The molecule has 0 spiro atoms. The highest BCUT2D eigenvalue weighted by Crippen LogP contribution is 2.31. The Balaban J connectivity index is 1.84. The van der Waals surface area contributed by atoms with E-state index in [0.717, 1.165) is 23.6 Å². The highest BCUT2D eigenvalue weighted by atomic mass is 32.1. The van der Waals surface area contributed by atoms with E-state index in [0.29, 0.717) is 6.61 Å². The van der Waals surface area contributed by atoms with Gasteiger partial charge in [0.1, 0.15) is 5.75 Å². The van der Waals surface area contributed by atoms with Crippen LogP contribution in [0.2, 0.25) is 0 Å². The number of benzene rings is 1. The Morgan fingerprint density at radius 2 is 2.00 bits per heavy atom. The predicted molar refractivity (Wildman–Crippen MR) is 88.0 cm³/mol. The smallest absolute Gasteiger partial charge is 0.355 e. The minimum atomic E-state index is -0.971. The average molecular weight is 319 g/mol. The molecule has 0 fully saturated rings. The van der Waals surface area contributed by atoms with Gasteiger partial charge in [-0.3, -0.25) is 0 Å². The number of carboxylic acid groups (broad SMARTS) is 1. The van der Waals surface area contributed by atoms with E-state index in [1.54, 1.807) is 5.38 Å². The SMILES string of the molecule is Cc1ccc(OCCCC(C)(C)c2nc(C(=O)O)cs2)cc1. The summed E-state index contributed by atoms with van der Waals surface area (Å²) in [5, 5.41) is 11.4. The fraction of sp³-hybridized carbons (Fsp3) is 0.412. The fourth-order valence-corrected chi connectivity index (χ4v) is 3.08. The number of hydrogen-bond acceptors (Lipinski definition) is 4. The molecule has 0 aliphatic rings. The summed E-state index contributed by atoms with van der Waals surface area (Å²) in [6.45, 7) is 6.86. The van der Waals surface area contributed by atoms with Crippen molar-refractivity contribution < 1.29 is 14.6 Å². The van der Waals surface area contributed by atoms with E-state index in [4.69, 9.17) is 9.84 Å². The minimum absolute atomic E-state index is 0.129. The third-order valence-electron chi connectivity index (χ3n) is 3.54. The fourth-order valence-electron chi connectivity index (χ4n) is 2.13. The van der Waals surface area contributed by atoms with Crippen molar-refractivity contribution in [3.63, 3.8) is 0 Å². The van der Waals surface area contributed by atoms with Crippen LogP contribution in [0.4, 0.5) is 0 Å². The number of nitrogens with zero attached hydrogens (tertiary/aromatic N) is 1. The van der Waals surface area contributed by atoms with Crippen LogP contribution in [0.5, 0.6) is 5.75 Å². The number of thiazole rings is 1. The Kier molecular flexibility index (Phi) is 5.19. The molecule has 1 N–H and O–H groups in total. The number of carbonyl (C=O) groups is 1. The lowest BCUT2D eigenvalue weighted by Crippen LogP contribution is -2.18. The van der Waals surface area contributed by atoms with Crippen molar-refractivity contribution in [1.82, 2.24) is 4.98 Å². The number of carboxylic acids is 1. The zero-order valence-electron chi connectivity index (χ0n) is 13.1. The van der Waals surface area contributed by atoms with Gasteiger partial charge in [-0.2, -0.15) is 0 Å². The number of hydrogen-bond donors (Lipinski definition) is 1. The molecule has 118 valence electrons. The van der Waals surface area contributed by atoms with Gasteiger partial charge in [-0.25, -0.2) is 9.78 Å². The maximum absolute atomic E-state index is 10.9. The first kappa shape index (κ1) is 16.5. The molecule has 0 amide bonds. The zero-order chi connectivity index (χ0) is 16.2. The summed E-state index contributed by atoms with van der Waals surface area (Å²) in [6.07, 6.45) is 1.79. The summed E-state index contributed by atoms with van der Waals surface area (Å²) in [7, 11) is 0. The first-order valence-corrected chi connectivity index (χ1v) is 8.15. The Morgan fingerprint density at radius 1 is 1.32 bits per heavy atom.